The molecule has 2 bridgehead atoms. The van der Waals surface area contributed by atoms with Crippen LogP contribution in [0.3, 0.4) is 0 Å². The quantitative estimate of drug-likeness (QED) is 0.0711. The van der Waals surface area contributed by atoms with Crippen molar-refractivity contribution in [2.45, 2.75) is 154 Å². The number of aliphatic hydroxyl groups is 3. The molecule has 0 amide bonds. The van der Waals surface area contributed by atoms with Crippen LogP contribution in [-0.2, 0) is 38.1 Å². The summed E-state index contributed by atoms with van der Waals surface area (Å²) in [6.45, 7) is 9.93. The van der Waals surface area contributed by atoms with Gasteiger partial charge < -0.3 is 39.4 Å². The number of aliphatic carboxylic acids is 1. The number of ether oxygens (including phenoxy) is 4. The summed E-state index contributed by atoms with van der Waals surface area (Å²) in [5.41, 5.74) is -4.67. The van der Waals surface area contributed by atoms with Crippen molar-refractivity contribution in [2.75, 3.05) is 6.61 Å². The fraction of sp³-hybridized carbons (Fsp3) is 0.816. The van der Waals surface area contributed by atoms with Gasteiger partial charge in [-0.3, -0.25) is 14.4 Å². The van der Waals surface area contributed by atoms with Gasteiger partial charge >= 0.3 is 29.6 Å². The maximum atomic E-state index is 13.9. The summed E-state index contributed by atoms with van der Waals surface area (Å²) < 4.78 is 23.5. The van der Waals surface area contributed by atoms with Crippen molar-refractivity contribution < 1.29 is 63.3 Å². The highest BCUT2D eigenvalue weighted by atomic mass is 31.0. The van der Waals surface area contributed by atoms with E-state index in [2.05, 4.69) is 9.24 Å². The van der Waals surface area contributed by atoms with Crippen LogP contribution in [0, 0.1) is 34.5 Å². The van der Waals surface area contributed by atoms with Crippen LogP contribution in [-0.4, -0.2) is 98.4 Å². The average Bonchev–Trinajstić information content (AvgIpc) is 3.07. The van der Waals surface area contributed by atoms with Gasteiger partial charge in [0.05, 0.1) is 28.4 Å². The number of hydrogen-bond donors (Lipinski definition) is 4. The van der Waals surface area contributed by atoms with E-state index in [4.69, 9.17) is 18.9 Å². The highest BCUT2D eigenvalue weighted by molar-refractivity contribution is 7.39. The van der Waals surface area contributed by atoms with E-state index >= 15 is 0 Å². The molecular formula is C38H61O13P2+. The lowest BCUT2D eigenvalue weighted by Gasteiger charge is -2.63. The van der Waals surface area contributed by atoms with Crippen LogP contribution in [0.15, 0.2) is 11.1 Å². The van der Waals surface area contributed by atoms with Gasteiger partial charge in [0.2, 0.25) is 0 Å². The molecule has 0 radical (unpaired) electrons. The van der Waals surface area contributed by atoms with Crippen molar-refractivity contribution in [1.29, 1.82) is 0 Å². The minimum Gasteiger partial charge on any atom is -0.481 e. The van der Waals surface area contributed by atoms with Gasteiger partial charge in [-0.2, -0.15) is 0 Å². The zero-order chi connectivity index (χ0) is 39.6. The van der Waals surface area contributed by atoms with E-state index in [-0.39, 0.29) is 24.9 Å². The molecule has 0 aliphatic heterocycles. The number of carboxylic acids is 1. The Morgan fingerprint density at radius 3 is 2.19 bits per heavy atom. The van der Waals surface area contributed by atoms with Gasteiger partial charge in [0.25, 0.3) is 0 Å². The van der Waals surface area contributed by atoms with E-state index in [0.29, 0.717) is 49.7 Å². The van der Waals surface area contributed by atoms with E-state index in [1.807, 2.05) is 6.92 Å². The molecule has 0 aromatic heterocycles. The summed E-state index contributed by atoms with van der Waals surface area (Å²) in [7, 11) is 3.75. The molecule has 13 unspecified atom stereocenters. The topological polar surface area (TPSA) is 203 Å². The number of esters is 3. The fourth-order valence-electron chi connectivity index (χ4n) is 10.2. The molecule has 3 fully saturated rings. The molecule has 4 aliphatic carbocycles. The van der Waals surface area contributed by atoms with Gasteiger partial charge in [-0.15, -0.1) is 9.24 Å². The molecule has 53 heavy (non-hydrogen) atoms. The monoisotopic (exact) mass is 787 g/mol. The summed E-state index contributed by atoms with van der Waals surface area (Å²) in [6, 6.07) is 0. The second kappa shape index (κ2) is 17.3. The first-order chi connectivity index (χ1) is 24.7. The Morgan fingerprint density at radius 1 is 0.981 bits per heavy atom. The molecule has 0 saturated heterocycles. The van der Waals surface area contributed by atoms with E-state index in [0.717, 1.165) is 28.5 Å². The summed E-state index contributed by atoms with van der Waals surface area (Å²) in [4.78, 5) is 62.9. The first-order valence-electron chi connectivity index (χ1n) is 19.0. The number of hydrogen-bond acceptors (Lipinski definition) is 12. The normalized spacial score (nSPS) is 35.5. The molecule has 4 N–H and O–H groups in total. The van der Waals surface area contributed by atoms with Crippen molar-refractivity contribution in [3.63, 3.8) is 0 Å². The lowest BCUT2D eigenvalue weighted by atomic mass is 9.47. The summed E-state index contributed by atoms with van der Waals surface area (Å²) in [5, 5.41) is 46.4. The molecule has 0 aromatic carbocycles. The van der Waals surface area contributed by atoms with Crippen LogP contribution >= 0.6 is 18.5 Å². The van der Waals surface area contributed by atoms with Crippen LogP contribution in [0.25, 0.3) is 0 Å². The van der Waals surface area contributed by atoms with E-state index in [1.54, 1.807) is 20.8 Å². The minimum absolute atomic E-state index is 0.107. The molecular weight excluding hydrogens is 726 g/mol. The smallest absolute Gasteiger partial charge is 0.443 e. The molecule has 300 valence electrons. The maximum absolute atomic E-state index is 13.9. The van der Waals surface area contributed by atoms with Crippen molar-refractivity contribution in [3.05, 3.63) is 11.1 Å². The molecule has 13 atom stereocenters. The Morgan fingerprint density at radius 2 is 1.62 bits per heavy atom. The second-order valence-corrected chi connectivity index (χ2v) is 18.0. The van der Waals surface area contributed by atoms with Crippen LogP contribution in [0.1, 0.15) is 112 Å². The van der Waals surface area contributed by atoms with E-state index in [9.17, 15) is 44.4 Å². The van der Waals surface area contributed by atoms with E-state index < -0.39 is 100 Å². The number of carboxylic acid groups (broad SMARTS) is 1. The zero-order valence-corrected chi connectivity index (χ0v) is 34.6. The van der Waals surface area contributed by atoms with Crippen molar-refractivity contribution in [1.82, 2.24) is 0 Å². The molecule has 13 nitrogen and oxygen atoms in total. The maximum Gasteiger partial charge on any atom is 0.443 e. The fourth-order valence-corrected chi connectivity index (χ4v) is 11.1. The summed E-state index contributed by atoms with van der Waals surface area (Å²) in [5.74, 6) is -5.00. The Labute approximate surface area is 317 Å². The third-order valence-corrected chi connectivity index (χ3v) is 14.4. The van der Waals surface area contributed by atoms with Crippen molar-refractivity contribution >= 4 is 48.1 Å². The number of fused-ring (bicyclic) bond motifs is 3. The number of carbonyl (C=O) groups is 5. The number of carbonyl (C=O) groups excluding carboxylic acids is 4. The largest absolute Gasteiger partial charge is 0.481 e. The highest BCUT2D eigenvalue weighted by Crippen LogP contribution is 2.63. The van der Waals surface area contributed by atoms with Gasteiger partial charge in [0, 0.05) is 48.6 Å². The van der Waals surface area contributed by atoms with Crippen LogP contribution < -0.4 is 0 Å². The van der Waals surface area contributed by atoms with Crippen molar-refractivity contribution in [2.24, 2.45) is 34.5 Å². The van der Waals surface area contributed by atoms with Crippen LogP contribution in [0.4, 0.5) is 4.79 Å². The van der Waals surface area contributed by atoms with E-state index in [1.165, 1.54) is 13.8 Å². The second-order valence-electron chi connectivity index (χ2n) is 16.7. The average molecular weight is 788 g/mol. The lowest BCUT2D eigenvalue weighted by molar-refractivity contribution is -0.228. The molecule has 15 heteroatoms. The Hall–Kier alpha value is -2.17. The van der Waals surface area contributed by atoms with Crippen molar-refractivity contribution in [3.8, 4) is 0 Å². The molecule has 4 aliphatic rings. The first-order valence-corrected chi connectivity index (χ1v) is 20.3. The molecule has 0 heterocycles. The molecule has 4 rings (SSSR count). The van der Waals surface area contributed by atoms with Crippen LogP contribution in [0.2, 0.25) is 0 Å². The van der Waals surface area contributed by atoms with Gasteiger partial charge in [-0.05, 0) is 55.6 Å². The van der Waals surface area contributed by atoms with Gasteiger partial charge in [-0.25, -0.2) is 9.59 Å². The van der Waals surface area contributed by atoms with Gasteiger partial charge in [0.1, 0.15) is 23.9 Å². The Balaban J connectivity index is 1.83. The minimum atomic E-state index is -1.95. The summed E-state index contributed by atoms with van der Waals surface area (Å²) in [6.07, 6.45) is -0.821. The zero-order valence-electron chi connectivity index (χ0n) is 32.0. The third kappa shape index (κ3) is 8.95. The standard InChI is InChI=1S/C38H60O13P2/c1-19-26(50-34(45)30(44)24(17-28(42)43)23-12-8-7-9-13-23)18-38(47)32(51-35(46)53)25-15-22(11-10-14-48-20(2)39)16-27(41)37(25,6)33(52)31(49-21(3)40)29(19)36(38,4)5/h22-27,30-33,41,44,47H,7-18,52-53H2,1-6H3,(H,42,43)/p+1. The number of rotatable bonds is 12. The van der Waals surface area contributed by atoms with Crippen LogP contribution in [0.5, 0.6) is 0 Å². The third-order valence-electron chi connectivity index (χ3n) is 13.2. The Kier molecular flexibility index (Phi) is 14.2. The summed E-state index contributed by atoms with van der Waals surface area (Å²) >= 11 is 0. The lowest BCUT2D eigenvalue weighted by Crippen LogP contribution is -2.71. The molecule has 0 aromatic rings. The molecule has 0 spiro atoms. The highest BCUT2D eigenvalue weighted by Gasteiger charge is 2.69. The van der Waals surface area contributed by atoms with Gasteiger partial charge in [-0.1, -0.05) is 52.9 Å². The predicted molar refractivity (Wildman–Crippen MR) is 201 cm³/mol. The van der Waals surface area contributed by atoms with Gasteiger partial charge in [0.15, 0.2) is 6.10 Å². The number of aliphatic hydroxyl groups excluding tert-OH is 2. The SMILES string of the molecule is CC(=O)OCCCC1CC(O)C2(C)C(P)C(OC(C)=O)C3=C(C)C(OC(=O)C(O)C(CC(=O)O)C4CCCCC4)CC(O)(C(OC(=O)[PH3+])C2C1)C3(C)C. The Bertz CT molecular complexity index is 1430. The molecule has 3 saturated carbocycles. The predicted octanol–water partition coefficient (Wildman–Crippen LogP) is 4.45. The first kappa shape index (κ1) is 43.6.